The van der Waals surface area contributed by atoms with Gasteiger partial charge in [0.05, 0.1) is 11.1 Å². The standard InChI is InChI=1S/C14H15N3O3/c1-9-4-14(10(2)3-13(9)17(18)19)20-12-5-11(6-15)7-16-8-12/h3-5,7-8H,6,15H2,1-2H3. The molecule has 0 atom stereocenters. The molecule has 1 aromatic carbocycles. The van der Waals surface area contributed by atoms with Crippen molar-refractivity contribution < 1.29 is 9.66 Å². The predicted molar refractivity (Wildman–Crippen MR) is 74.8 cm³/mol. The van der Waals surface area contributed by atoms with E-state index in [1.165, 1.54) is 6.07 Å². The van der Waals surface area contributed by atoms with Gasteiger partial charge in [0.25, 0.3) is 5.69 Å². The molecule has 1 heterocycles. The summed E-state index contributed by atoms with van der Waals surface area (Å²) < 4.78 is 5.73. The van der Waals surface area contributed by atoms with Gasteiger partial charge >= 0.3 is 0 Å². The molecule has 0 fully saturated rings. The molecule has 2 rings (SSSR count). The summed E-state index contributed by atoms with van der Waals surface area (Å²) in [6.07, 6.45) is 3.25. The summed E-state index contributed by atoms with van der Waals surface area (Å²) >= 11 is 0. The van der Waals surface area contributed by atoms with Gasteiger partial charge in [-0.3, -0.25) is 15.1 Å². The number of hydrogen-bond acceptors (Lipinski definition) is 5. The number of ether oxygens (including phenoxy) is 1. The van der Waals surface area contributed by atoms with E-state index in [9.17, 15) is 10.1 Å². The van der Waals surface area contributed by atoms with Gasteiger partial charge in [0, 0.05) is 24.4 Å². The fraction of sp³-hybridized carbons (Fsp3) is 0.214. The number of benzene rings is 1. The van der Waals surface area contributed by atoms with Crippen molar-refractivity contribution in [3.8, 4) is 11.5 Å². The molecule has 0 saturated heterocycles. The minimum absolute atomic E-state index is 0.0867. The Bertz CT molecular complexity index is 656. The molecular weight excluding hydrogens is 258 g/mol. The second-order valence-corrected chi connectivity index (χ2v) is 4.50. The van der Waals surface area contributed by atoms with Gasteiger partial charge in [0.15, 0.2) is 0 Å². The van der Waals surface area contributed by atoms with E-state index in [-0.39, 0.29) is 5.69 Å². The van der Waals surface area contributed by atoms with E-state index in [0.717, 1.165) is 5.56 Å². The molecule has 0 aliphatic carbocycles. The average Bonchev–Trinajstić information content (AvgIpc) is 2.42. The highest BCUT2D eigenvalue weighted by Gasteiger charge is 2.14. The zero-order valence-corrected chi connectivity index (χ0v) is 11.3. The second kappa shape index (κ2) is 5.66. The summed E-state index contributed by atoms with van der Waals surface area (Å²) in [6, 6.07) is 4.96. The Kier molecular flexibility index (Phi) is 3.95. The number of pyridine rings is 1. The van der Waals surface area contributed by atoms with Crippen LogP contribution >= 0.6 is 0 Å². The Morgan fingerprint density at radius 3 is 2.65 bits per heavy atom. The Morgan fingerprint density at radius 1 is 1.25 bits per heavy atom. The molecule has 0 aliphatic heterocycles. The number of rotatable bonds is 4. The predicted octanol–water partition coefficient (Wildman–Crippen LogP) is 2.86. The molecule has 0 radical (unpaired) electrons. The van der Waals surface area contributed by atoms with Crippen molar-refractivity contribution in [2.75, 3.05) is 0 Å². The van der Waals surface area contributed by atoms with Gasteiger partial charge in [-0.1, -0.05) is 0 Å². The fourth-order valence-electron chi connectivity index (χ4n) is 1.84. The van der Waals surface area contributed by atoms with Gasteiger partial charge in [0.1, 0.15) is 11.5 Å². The molecule has 0 amide bonds. The Balaban J connectivity index is 2.34. The van der Waals surface area contributed by atoms with Crippen molar-refractivity contribution in [3.05, 3.63) is 57.4 Å². The van der Waals surface area contributed by atoms with Crippen LogP contribution in [-0.4, -0.2) is 9.91 Å². The Hall–Kier alpha value is -2.47. The van der Waals surface area contributed by atoms with Crippen LogP contribution in [0, 0.1) is 24.0 Å². The van der Waals surface area contributed by atoms with Crippen LogP contribution in [0.2, 0.25) is 0 Å². The summed E-state index contributed by atoms with van der Waals surface area (Å²) in [4.78, 5) is 14.5. The topological polar surface area (TPSA) is 91.3 Å². The van der Waals surface area contributed by atoms with Crippen LogP contribution in [0.4, 0.5) is 5.69 Å². The van der Waals surface area contributed by atoms with E-state index >= 15 is 0 Å². The molecular formula is C14H15N3O3. The Morgan fingerprint density at radius 2 is 2.00 bits per heavy atom. The second-order valence-electron chi connectivity index (χ2n) is 4.50. The SMILES string of the molecule is Cc1cc([N+](=O)[O-])c(C)cc1Oc1cncc(CN)c1. The molecule has 0 aliphatic rings. The van der Waals surface area contributed by atoms with Crippen molar-refractivity contribution in [2.45, 2.75) is 20.4 Å². The number of nitrogens with zero attached hydrogens (tertiary/aromatic N) is 2. The highest BCUT2D eigenvalue weighted by molar-refractivity contribution is 5.50. The summed E-state index contributed by atoms with van der Waals surface area (Å²) in [5.74, 6) is 1.13. The van der Waals surface area contributed by atoms with Crippen LogP contribution in [0.25, 0.3) is 0 Å². The number of nitro groups is 1. The largest absolute Gasteiger partial charge is 0.455 e. The molecule has 2 N–H and O–H groups in total. The van der Waals surface area contributed by atoms with E-state index in [2.05, 4.69) is 4.98 Å². The third-order valence-corrected chi connectivity index (χ3v) is 2.92. The first-order valence-electron chi connectivity index (χ1n) is 6.08. The fourth-order valence-corrected chi connectivity index (χ4v) is 1.84. The van der Waals surface area contributed by atoms with Crippen molar-refractivity contribution in [1.82, 2.24) is 4.98 Å². The van der Waals surface area contributed by atoms with Gasteiger partial charge in [-0.15, -0.1) is 0 Å². The van der Waals surface area contributed by atoms with Gasteiger partial charge in [-0.2, -0.15) is 0 Å². The highest BCUT2D eigenvalue weighted by Crippen LogP contribution is 2.31. The normalized spacial score (nSPS) is 10.3. The van der Waals surface area contributed by atoms with Crippen molar-refractivity contribution in [1.29, 1.82) is 0 Å². The van der Waals surface area contributed by atoms with Gasteiger partial charge in [-0.25, -0.2) is 0 Å². The Labute approximate surface area is 116 Å². The first kappa shape index (κ1) is 14.0. The summed E-state index contributed by atoms with van der Waals surface area (Å²) in [6.45, 7) is 3.82. The van der Waals surface area contributed by atoms with E-state index in [4.69, 9.17) is 10.5 Å². The number of nitro benzene ring substituents is 1. The summed E-state index contributed by atoms with van der Waals surface area (Å²) in [5.41, 5.74) is 7.74. The number of aryl methyl sites for hydroxylation is 2. The van der Waals surface area contributed by atoms with E-state index in [0.29, 0.717) is 29.2 Å². The van der Waals surface area contributed by atoms with Crippen LogP contribution in [0.5, 0.6) is 11.5 Å². The third-order valence-electron chi connectivity index (χ3n) is 2.92. The van der Waals surface area contributed by atoms with Gasteiger partial charge in [-0.05, 0) is 37.1 Å². The van der Waals surface area contributed by atoms with Crippen molar-refractivity contribution >= 4 is 5.69 Å². The van der Waals surface area contributed by atoms with Gasteiger partial charge in [0.2, 0.25) is 0 Å². The highest BCUT2D eigenvalue weighted by atomic mass is 16.6. The molecule has 6 nitrogen and oxygen atoms in total. The van der Waals surface area contributed by atoms with Crippen LogP contribution < -0.4 is 10.5 Å². The molecule has 6 heteroatoms. The zero-order valence-electron chi connectivity index (χ0n) is 11.3. The minimum atomic E-state index is -0.400. The number of aromatic nitrogens is 1. The van der Waals surface area contributed by atoms with E-state index < -0.39 is 4.92 Å². The zero-order chi connectivity index (χ0) is 14.7. The smallest absolute Gasteiger partial charge is 0.272 e. The minimum Gasteiger partial charge on any atom is -0.455 e. The van der Waals surface area contributed by atoms with Crippen molar-refractivity contribution in [2.24, 2.45) is 5.73 Å². The van der Waals surface area contributed by atoms with Crippen LogP contribution in [0.15, 0.2) is 30.6 Å². The van der Waals surface area contributed by atoms with Crippen LogP contribution in [-0.2, 0) is 6.54 Å². The first-order chi connectivity index (χ1) is 9.51. The lowest BCUT2D eigenvalue weighted by Crippen LogP contribution is -1.98. The third kappa shape index (κ3) is 2.92. The van der Waals surface area contributed by atoms with Gasteiger partial charge < -0.3 is 10.5 Å². The maximum atomic E-state index is 10.9. The molecule has 20 heavy (non-hydrogen) atoms. The lowest BCUT2D eigenvalue weighted by atomic mass is 10.1. The molecule has 1 aromatic heterocycles. The summed E-state index contributed by atoms with van der Waals surface area (Å²) in [5, 5.41) is 10.9. The maximum Gasteiger partial charge on any atom is 0.272 e. The van der Waals surface area contributed by atoms with E-state index in [1.807, 2.05) is 0 Å². The average molecular weight is 273 g/mol. The molecule has 0 saturated carbocycles. The number of hydrogen-bond donors (Lipinski definition) is 1. The quantitative estimate of drug-likeness (QED) is 0.683. The number of nitrogens with two attached hydrogens (primary N) is 1. The lowest BCUT2D eigenvalue weighted by Gasteiger charge is -2.10. The molecule has 0 bridgehead atoms. The monoisotopic (exact) mass is 273 g/mol. The molecule has 2 aromatic rings. The molecule has 0 spiro atoms. The molecule has 104 valence electrons. The molecule has 0 unspecified atom stereocenters. The first-order valence-corrected chi connectivity index (χ1v) is 6.08. The van der Waals surface area contributed by atoms with Crippen molar-refractivity contribution in [3.63, 3.8) is 0 Å². The maximum absolute atomic E-state index is 10.9. The van der Waals surface area contributed by atoms with Crippen LogP contribution in [0.1, 0.15) is 16.7 Å². The lowest BCUT2D eigenvalue weighted by molar-refractivity contribution is -0.385. The summed E-state index contributed by atoms with van der Waals surface area (Å²) in [7, 11) is 0. The van der Waals surface area contributed by atoms with E-state index in [1.54, 1.807) is 38.4 Å². The van der Waals surface area contributed by atoms with Crippen LogP contribution in [0.3, 0.4) is 0 Å².